The van der Waals surface area contributed by atoms with E-state index in [0.29, 0.717) is 15.8 Å². The van der Waals surface area contributed by atoms with E-state index in [0.717, 1.165) is 75.5 Å². The topological polar surface area (TPSA) is 51.2 Å². The van der Waals surface area contributed by atoms with Crippen molar-refractivity contribution in [1.82, 2.24) is 0 Å². The third-order valence-electron chi connectivity index (χ3n) is 16.1. The van der Waals surface area contributed by atoms with Gasteiger partial charge >= 0.3 is 83.1 Å². The van der Waals surface area contributed by atoms with E-state index in [1.54, 1.807) is 76.0 Å². The van der Waals surface area contributed by atoms with Crippen molar-refractivity contribution in [2.45, 2.75) is 255 Å². The first-order chi connectivity index (χ1) is 33.0. The second-order valence-corrected chi connectivity index (χ2v) is 45.0. The van der Waals surface area contributed by atoms with Crippen LogP contribution in [0.1, 0.15) is 209 Å². The van der Waals surface area contributed by atoms with E-state index >= 15 is 0 Å². The van der Waals surface area contributed by atoms with E-state index in [9.17, 15) is 0 Å². The molecule has 8 aliphatic heterocycles. The van der Waals surface area contributed by atoms with Crippen LogP contribution in [-0.4, -0.2) is 142 Å². The zero-order valence-corrected chi connectivity index (χ0v) is 55.7. The monoisotopic (exact) mass is 1240 g/mol. The number of ether oxygens (including phenoxy) is 4. The predicted octanol–water partition coefficient (Wildman–Crippen LogP) is 18.1. The average Bonchev–Trinajstić information content (AvgIpc) is 4.21. The molecule has 0 amide bonds. The van der Waals surface area contributed by atoms with Gasteiger partial charge in [0.1, 0.15) is 52.9 Å². The van der Waals surface area contributed by atoms with Gasteiger partial charge in [0, 0.05) is 67.2 Å². The van der Waals surface area contributed by atoms with Gasteiger partial charge in [0.05, 0.1) is 35.0 Å². The molecule has 8 rings (SSSR count). The van der Waals surface area contributed by atoms with Crippen molar-refractivity contribution in [1.29, 1.82) is 0 Å². The van der Waals surface area contributed by atoms with Gasteiger partial charge in [-0.3, -0.25) is 0 Å². The van der Waals surface area contributed by atoms with Gasteiger partial charge in [0.2, 0.25) is 0 Å². The molecule has 0 spiro atoms. The molecule has 0 aromatic carbocycles. The van der Waals surface area contributed by atoms with E-state index < -0.39 is 22.8 Å². The van der Waals surface area contributed by atoms with Crippen molar-refractivity contribution >= 4 is 92.0 Å². The van der Waals surface area contributed by atoms with Crippen LogP contribution >= 0.6 is 92.0 Å². The molecule has 8 aliphatic rings. The average molecular weight is 1240 g/mol. The number of aliphatic hydroxyl groups is 8. The Bertz CT molecular complexity index is 865. The van der Waals surface area contributed by atoms with Crippen LogP contribution in [0.25, 0.3) is 0 Å². The van der Waals surface area contributed by atoms with Gasteiger partial charge in [-0.05, 0) is 138 Å². The summed E-state index contributed by atoms with van der Waals surface area (Å²) in [4.78, 5) is 0. The number of halogens is 6. The third kappa shape index (κ3) is 32.3. The van der Waals surface area contributed by atoms with Gasteiger partial charge < -0.3 is 18.9 Å². The zero-order valence-electron chi connectivity index (χ0n) is 44.8. The van der Waals surface area contributed by atoms with Crippen LogP contribution in [-0.2, 0) is 22.8 Å². The molecule has 410 valence electrons. The van der Waals surface area contributed by atoms with Crippen LogP contribution in [0.4, 0.5) is 0 Å². The third-order valence-corrected chi connectivity index (χ3v) is 33.3. The molecule has 4 nitrogen and oxygen atoms in total. The van der Waals surface area contributed by atoms with Gasteiger partial charge in [0.15, 0.2) is 0 Å². The molecule has 4 N–H and O–H groups in total. The maximum absolute atomic E-state index is 4.93. The van der Waals surface area contributed by atoms with Crippen LogP contribution < -0.4 is 0 Å². The van der Waals surface area contributed by atoms with Crippen molar-refractivity contribution in [2.75, 3.05) is 77.5 Å². The Balaban J connectivity index is 0.000000437. The van der Waals surface area contributed by atoms with Crippen LogP contribution in [0.2, 0.25) is 0 Å². The van der Waals surface area contributed by atoms with E-state index in [2.05, 4.69) is 74.3 Å². The molecule has 0 saturated carbocycles. The van der Waals surface area contributed by atoms with E-state index in [4.69, 9.17) is 60.3 Å². The van der Waals surface area contributed by atoms with Crippen LogP contribution in [0.3, 0.4) is 0 Å². The van der Waals surface area contributed by atoms with Gasteiger partial charge in [-0.15, -0.1) is 15.8 Å². The Morgan fingerprint density at radius 1 is 0.338 bits per heavy atom. The fourth-order valence-corrected chi connectivity index (χ4v) is 30.0. The number of rotatable bonds is 14. The SMILES string of the molecule is C1CC[OH+]C1.C1CC[OH+]C1.C1CC[OH+]C1.C1CC[OH+]C1.CC[C@@H]1CC[C@@H](CC)P1CCP1[C@H](CC)CC[C@H]1CC.CC[C@@H]1CC[C@@H](CC)[PH+]1CC[PH+]1[C@H](CC)CC[C@H]1CC.[Cl][Cr]([Cl])[Cl].[Cl][Cr]([Cl])[Cl]. The van der Waals surface area contributed by atoms with Crippen LogP contribution in [0.15, 0.2) is 0 Å². The summed E-state index contributed by atoms with van der Waals surface area (Å²) in [6, 6.07) is 0. The molecule has 8 fully saturated rings. The summed E-state index contributed by atoms with van der Waals surface area (Å²) in [7, 11) is 30.3. The Kier molecular flexibility index (Phi) is 49.0. The molecule has 0 bridgehead atoms. The van der Waals surface area contributed by atoms with Crippen molar-refractivity contribution in [3.8, 4) is 0 Å². The Morgan fingerprint density at radius 3 is 0.662 bits per heavy atom. The van der Waals surface area contributed by atoms with Crippen molar-refractivity contribution < 1.29 is 41.7 Å². The normalized spacial score (nSPS) is 29.3. The van der Waals surface area contributed by atoms with Gasteiger partial charge in [-0.2, -0.15) is 0 Å². The van der Waals surface area contributed by atoms with E-state index in [1.165, 1.54) is 125 Å². The number of hydrogen-bond donors (Lipinski definition) is 0. The fourth-order valence-electron chi connectivity index (χ4n) is 12.2. The summed E-state index contributed by atoms with van der Waals surface area (Å²) >= 11 is -3.25. The quantitative estimate of drug-likeness (QED) is 0.123. The summed E-state index contributed by atoms with van der Waals surface area (Å²) < 4.78 is 16.3. The maximum atomic E-state index is 4.93. The Labute approximate surface area is 461 Å². The standard InChI is InChI=1S/2C18H36P2.4C4H8O.6ClH.2Cr/c2*1-5-15-9-10-16(6-2)19(15)13-14-20-17(7-3)11-12-18(20)8-4;4*1-2-4-5-3-1;;;;;;;;/h2*15-18H,5-14H2,1-4H3;4*1-4H2;6*1H;;/q;;;;;;;;;;;;2*+3/t2*15-,16-,17-,18-;;;;;;;;;;;;/m11............/s1. The Hall–Kier alpha value is 4.36. The van der Waals surface area contributed by atoms with Crippen molar-refractivity contribution in [3.05, 3.63) is 0 Å². The molecule has 68 heavy (non-hydrogen) atoms. The first-order valence-corrected chi connectivity index (χ1v) is 45.8. The molecule has 16 heteroatoms. The van der Waals surface area contributed by atoms with Crippen molar-refractivity contribution in [2.24, 2.45) is 0 Å². The molecule has 0 unspecified atom stereocenters. The van der Waals surface area contributed by atoms with E-state index in [-0.39, 0.29) is 15.8 Å². The molecule has 8 atom stereocenters. The second kappa shape index (κ2) is 47.4. The zero-order chi connectivity index (χ0) is 50.4. The predicted molar refractivity (Wildman–Crippen MR) is 319 cm³/mol. The van der Waals surface area contributed by atoms with Crippen molar-refractivity contribution in [3.63, 3.8) is 0 Å². The fraction of sp³-hybridized carbons (Fsp3) is 1.00. The first-order valence-electron chi connectivity index (χ1n) is 28.2. The summed E-state index contributed by atoms with van der Waals surface area (Å²) in [5.41, 5.74) is 9.23. The number of hydrogen-bond acceptors (Lipinski definition) is 0. The van der Waals surface area contributed by atoms with Gasteiger partial charge in [0.25, 0.3) is 0 Å². The Morgan fingerprint density at radius 2 is 0.529 bits per heavy atom. The van der Waals surface area contributed by atoms with Gasteiger partial charge in [-0.25, -0.2) is 0 Å². The summed E-state index contributed by atoms with van der Waals surface area (Å²) in [6.07, 6.45) is 41.7. The molecular formula is C52H110Cl6Cr2O4P4+6. The van der Waals surface area contributed by atoms with Crippen LogP contribution in [0, 0.1) is 0 Å². The molecule has 0 aliphatic carbocycles. The molecule has 0 aromatic heterocycles. The van der Waals surface area contributed by atoms with Crippen LogP contribution in [0.5, 0.6) is 0 Å². The second-order valence-electron chi connectivity index (χ2n) is 20.0. The van der Waals surface area contributed by atoms with E-state index in [1.807, 2.05) is 0 Å². The summed E-state index contributed by atoms with van der Waals surface area (Å²) in [5.74, 6) is 0. The summed E-state index contributed by atoms with van der Waals surface area (Å²) in [5, 5.41) is 0. The minimum absolute atomic E-state index is 0.0147. The van der Waals surface area contributed by atoms with Gasteiger partial charge in [-0.1, -0.05) is 55.4 Å². The first kappa shape index (κ1) is 70.4. The molecular weight excluding hydrogens is 1130 g/mol. The molecule has 8 saturated heterocycles. The molecule has 0 aromatic rings. The minimum atomic E-state index is -1.62. The molecule has 8 heterocycles. The molecule has 0 radical (unpaired) electrons. The summed E-state index contributed by atoms with van der Waals surface area (Å²) in [6.45, 7) is 28.6.